The van der Waals surface area contributed by atoms with E-state index in [4.69, 9.17) is 17.2 Å². The molecule has 9 nitrogen and oxygen atoms in total. The van der Waals surface area contributed by atoms with Crippen molar-refractivity contribution in [2.45, 2.75) is 75.4 Å². The van der Waals surface area contributed by atoms with Gasteiger partial charge in [0.25, 0.3) is 0 Å². The molecule has 0 aliphatic heterocycles. The Morgan fingerprint density at radius 3 is 1.90 bits per heavy atom. The first-order chi connectivity index (χ1) is 17.8. The lowest BCUT2D eigenvalue weighted by molar-refractivity contribution is -0.136. The van der Waals surface area contributed by atoms with Gasteiger partial charge >= 0.3 is 0 Å². The number of nitrogens with two attached hydrogens (primary N) is 3. The average Bonchev–Trinajstić information content (AvgIpc) is 2.85. The predicted molar refractivity (Wildman–Crippen MR) is 143 cm³/mol. The number of hydrogen-bond donors (Lipinski definition) is 5. The zero-order valence-electron chi connectivity index (χ0n) is 23.0. The van der Waals surface area contributed by atoms with Crippen molar-refractivity contribution < 1.29 is 51.6 Å². The molecular formula is C28H44Cl3N6O3-3. The molecule has 4 fully saturated rings. The van der Waals surface area contributed by atoms with Crippen LogP contribution >= 0.6 is 0 Å². The molecule has 4 aliphatic carbocycles. The molecule has 1 aromatic rings. The van der Waals surface area contributed by atoms with E-state index in [1.807, 2.05) is 30.3 Å². The highest BCUT2D eigenvalue weighted by Gasteiger charge is 2.52. The molecule has 0 heterocycles. The van der Waals surface area contributed by atoms with Crippen molar-refractivity contribution in [1.29, 1.82) is 0 Å². The second-order valence-electron chi connectivity index (χ2n) is 11.5. The first-order valence-electron chi connectivity index (χ1n) is 13.9. The van der Waals surface area contributed by atoms with E-state index in [0.717, 1.165) is 24.8 Å². The van der Waals surface area contributed by atoms with Gasteiger partial charge in [-0.1, -0.05) is 30.3 Å². The SMILES string of the molecule is NCCN(CCN)C(=O)C[C@H](N)C(=O)N[C@@H](CCc1ccccc1)C(=O)NC12CC3CC(CC(C3)C1)C2.[Cl-].[Cl-].[Cl-]. The summed E-state index contributed by atoms with van der Waals surface area (Å²) < 4.78 is 0. The summed E-state index contributed by atoms with van der Waals surface area (Å²) in [6, 6.07) is 8.15. The quantitative estimate of drug-likeness (QED) is 0.148. The van der Waals surface area contributed by atoms with Crippen molar-refractivity contribution in [1.82, 2.24) is 15.5 Å². The monoisotopic (exact) mass is 617 g/mol. The fraction of sp³-hybridized carbons (Fsp3) is 0.679. The van der Waals surface area contributed by atoms with Crippen molar-refractivity contribution in [3.8, 4) is 0 Å². The van der Waals surface area contributed by atoms with Gasteiger partial charge in [0.1, 0.15) is 6.04 Å². The van der Waals surface area contributed by atoms with Crippen LogP contribution < -0.4 is 65.1 Å². The van der Waals surface area contributed by atoms with Gasteiger partial charge in [0.15, 0.2) is 0 Å². The van der Waals surface area contributed by atoms with Gasteiger partial charge in [0.2, 0.25) is 17.7 Å². The van der Waals surface area contributed by atoms with Crippen molar-refractivity contribution in [3.05, 3.63) is 35.9 Å². The molecule has 8 N–H and O–H groups in total. The normalized spacial score (nSPS) is 25.3. The summed E-state index contributed by atoms with van der Waals surface area (Å²) in [5.74, 6) is 1.21. The van der Waals surface area contributed by atoms with E-state index >= 15 is 0 Å². The summed E-state index contributed by atoms with van der Waals surface area (Å²) in [7, 11) is 0. The van der Waals surface area contributed by atoms with Crippen LogP contribution in [0.3, 0.4) is 0 Å². The zero-order chi connectivity index (χ0) is 26.4. The molecular weight excluding hydrogens is 575 g/mol. The van der Waals surface area contributed by atoms with Gasteiger partial charge in [0.05, 0.1) is 12.5 Å². The Labute approximate surface area is 256 Å². The standard InChI is InChI=1S/C28H44N6O3.3ClH/c29-8-10-34(11-9-30)25(35)15-23(31)26(36)32-24(7-6-19-4-2-1-3-5-19)27(37)33-28-16-20-12-21(17-28)14-22(13-20)18-28;;;/h1-5,20-24H,6-18,29-31H2,(H,32,36)(H,33,37);3*1H/p-3/t20?,21?,22?,23-,24-,28?;;;/m0.../s1. The minimum absolute atomic E-state index is 0. The topological polar surface area (TPSA) is 157 Å². The molecule has 0 saturated heterocycles. The highest BCUT2D eigenvalue weighted by atomic mass is 35.5. The summed E-state index contributed by atoms with van der Waals surface area (Å²) in [6.45, 7) is 1.33. The number of benzene rings is 1. The molecule has 40 heavy (non-hydrogen) atoms. The molecule has 4 aliphatic rings. The highest BCUT2D eigenvalue weighted by molar-refractivity contribution is 5.92. The molecule has 1 aromatic carbocycles. The number of halogens is 3. The van der Waals surface area contributed by atoms with Crippen molar-refractivity contribution >= 4 is 17.7 Å². The van der Waals surface area contributed by atoms with Crippen LogP contribution in [0, 0.1) is 17.8 Å². The summed E-state index contributed by atoms with van der Waals surface area (Å²) in [4.78, 5) is 40.9. The number of hydrogen-bond acceptors (Lipinski definition) is 6. The molecule has 0 radical (unpaired) electrons. The van der Waals surface area contributed by atoms with Gasteiger partial charge in [-0.25, -0.2) is 0 Å². The van der Waals surface area contributed by atoms with Crippen LogP contribution in [0.4, 0.5) is 0 Å². The Hall–Kier alpha value is -1.62. The van der Waals surface area contributed by atoms with Gasteiger partial charge in [0, 0.05) is 31.7 Å². The van der Waals surface area contributed by atoms with Crippen LogP contribution in [0.5, 0.6) is 0 Å². The molecule has 228 valence electrons. The van der Waals surface area contributed by atoms with E-state index in [0.29, 0.717) is 56.8 Å². The molecule has 0 spiro atoms. The van der Waals surface area contributed by atoms with Gasteiger partial charge in [-0.05, 0) is 74.7 Å². The minimum atomic E-state index is -1.06. The smallest absolute Gasteiger partial charge is 0.243 e. The maximum absolute atomic E-state index is 13.6. The number of carbonyl (C=O) groups is 3. The number of rotatable bonds is 13. The Balaban J connectivity index is 0.00000267. The van der Waals surface area contributed by atoms with Crippen LogP contribution in [0.2, 0.25) is 0 Å². The first-order valence-corrected chi connectivity index (χ1v) is 13.9. The maximum atomic E-state index is 13.6. The predicted octanol–water partition coefficient (Wildman–Crippen LogP) is -8.34. The van der Waals surface area contributed by atoms with Crippen molar-refractivity contribution in [2.75, 3.05) is 26.2 Å². The Kier molecular flexibility index (Phi) is 15.2. The highest BCUT2D eigenvalue weighted by Crippen LogP contribution is 2.55. The van der Waals surface area contributed by atoms with E-state index in [1.54, 1.807) is 0 Å². The van der Waals surface area contributed by atoms with Crippen LogP contribution in [0.15, 0.2) is 30.3 Å². The van der Waals surface area contributed by atoms with E-state index in [1.165, 1.54) is 24.2 Å². The number of carbonyl (C=O) groups excluding carboxylic acids is 3. The lowest BCUT2D eigenvalue weighted by atomic mass is 9.53. The maximum Gasteiger partial charge on any atom is 0.243 e. The van der Waals surface area contributed by atoms with E-state index in [-0.39, 0.29) is 61.0 Å². The molecule has 5 rings (SSSR count). The Bertz CT molecular complexity index is 913. The number of nitrogens with zero attached hydrogens (tertiary/aromatic N) is 1. The van der Waals surface area contributed by atoms with Gasteiger partial charge in [-0.3, -0.25) is 14.4 Å². The van der Waals surface area contributed by atoms with Gasteiger partial charge in [-0.15, -0.1) is 0 Å². The minimum Gasteiger partial charge on any atom is -1.00 e. The van der Waals surface area contributed by atoms with Crippen molar-refractivity contribution in [3.63, 3.8) is 0 Å². The Morgan fingerprint density at radius 2 is 1.40 bits per heavy atom. The van der Waals surface area contributed by atoms with Crippen LogP contribution in [-0.2, 0) is 20.8 Å². The molecule has 0 aromatic heterocycles. The van der Waals surface area contributed by atoms with Gasteiger partial charge in [-0.2, -0.15) is 0 Å². The fourth-order valence-electron chi connectivity index (χ4n) is 7.20. The van der Waals surface area contributed by atoms with E-state index in [2.05, 4.69) is 10.6 Å². The van der Waals surface area contributed by atoms with Crippen LogP contribution in [0.25, 0.3) is 0 Å². The molecule has 0 unspecified atom stereocenters. The molecule has 4 saturated carbocycles. The van der Waals surface area contributed by atoms with Crippen LogP contribution in [0.1, 0.15) is 56.9 Å². The number of nitrogens with one attached hydrogen (secondary N) is 2. The second kappa shape index (κ2) is 16.7. The number of aryl methyl sites for hydroxylation is 1. The molecule has 3 amide bonds. The summed E-state index contributed by atoms with van der Waals surface area (Å²) in [5, 5.41) is 6.28. The van der Waals surface area contributed by atoms with Gasteiger partial charge < -0.3 is 70.0 Å². The van der Waals surface area contributed by atoms with E-state index in [9.17, 15) is 14.4 Å². The molecule has 2 atom stereocenters. The Morgan fingerprint density at radius 1 is 0.875 bits per heavy atom. The van der Waals surface area contributed by atoms with Crippen molar-refractivity contribution in [2.24, 2.45) is 35.0 Å². The first kappa shape index (κ1) is 36.4. The lowest BCUT2D eigenvalue weighted by Gasteiger charge is -2.57. The lowest BCUT2D eigenvalue weighted by Crippen LogP contribution is -3.00. The number of amides is 3. The molecule has 12 heteroatoms. The second-order valence-corrected chi connectivity index (χ2v) is 11.5. The third kappa shape index (κ3) is 9.46. The average molecular weight is 619 g/mol. The zero-order valence-corrected chi connectivity index (χ0v) is 25.3. The molecule has 4 bridgehead atoms. The van der Waals surface area contributed by atoms with Crippen LogP contribution in [-0.4, -0.2) is 66.4 Å². The fourth-order valence-corrected chi connectivity index (χ4v) is 7.20. The largest absolute Gasteiger partial charge is 1.00 e. The van der Waals surface area contributed by atoms with E-state index < -0.39 is 18.0 Å². The summed E-state index contributed by atoms with van der Waals surface area (Å²) in [6.07, 6.45) is 7.93. The third-order valence-corrected chi connectivity index (χ3v) is 8.51. The summed E-state index contributed by atoms with van der Waals surface area (Å²) >= 11 is 0. The summed E-state index contributed by atoms with van der Waals surface area (Å²) in [5.41, 5.74) is 18.3. The third-order valence-electron chi connectivity index (χ3n) is 8.51.